The van der Waals surface area contributed by atoms with Gasteiger partial charge in [0.25, 0.3) is 0 Å². The fourth-order valence-corrected chi connectivity index (χ4v) is 1.95. The topological polar surface area (TPSA) is 69.1 Å². The van der Waals surface area contributed by atoms with Gasteiger partial charge in [-0.05, 0) is 29.8 Å². The summed E-state index contributed by atoms with van der Waals surface area (Å²) in [6, 6.07) is 12.6. The Labute approximate surface area is 104 Å². The molecule has 0 saturated carbocycles. The van der Waals surface area contributed by atoms with Crippen molar-refractivity contribution in [1.29, 1.82) is 0 Å². The first-order chi connectivity index (χ1) is 8.78. The minimum atomic E-state index is -0.0620. The molecule has 3 rings (SSSR count). The maximum absolute atomic E-state index is 9.87. The summed E-state index contributed by atoms with van der Waals surface area (Å²) in [4.78, 5) is 7.57. The lowest BCUT2D eigenvalue weighted by atomic mass is 10.1. The van der Waals surface area contributed by atoms with Crippen molar-refractivity contribution >= 4 is 11.0 Å². The molecule has 0 spiro atoms. The number of aromatic hydroxyl groups is 1. The average molecular weight is 240 g/mol. The van der Waals surface area contributed by atoms with Crippen molar-refractivity contribution in [3.8, 4) is 17.1 Å². The van der Waals surface area contributed by atoms with Crippen LogP contribution in [0.25, 0.3) is 22.4 Å². The monoisotopic (exact) mass is 240 g/mol. The Morgan fingerprint density at radius 3 is 2.72 bits per heavy atom. The number of phenolic OH excluding ortho intramolecular Hbond substituents is 1. The molecule has 0 fully saturated rings. The summed E-state index contributed by atoms with van der Waals surface area (Å²) < 4.78 is 0. The first-order valence-corrected chi connectivity index (χ1v) is 5.66. The number of aliphatic hydroxyl groups excluding tert-OH is 1. The Morgan fingerprint density at radius 1 is 1.11 bits per heavy atom. The zero-order valence-electron chi connectivity index (χ0n) is 9.59. The molecular weight excluding hydrogens is 228 g/mol. The molecule has 0 aliphatic rings. The zero-order chi connectivity index (χ0) is 12.5. The Bertz CT molecular complexity index is 671. The maximum atomic E-state index is 9.87. The first kappa shape index (κ1) is 10.8. The summed E-state index contributed by atoms with van der Waals surface area (Å²) in [7, 11) is 0. The second-order valence-corrected chi connectivity index (χ2v) is 4.11. The van der Waals surface area contributed by atoms with E-state index < -0.39 is 0 Å². The van der Waals surface area contributed by atoms with Crippen LogP contribution in [0.1, 0.15) is 5.56 Å². The number of hydrogen-bond donors (Lipinski definition) is 3. The molecule has 0 aliphatic heterocycles. The molecule has 4 nitrogen and oxygen atoms in total. The molecule has 2 aromatic carbocycles. The van der Waals surface area contributed by atoms with Crippen LogP contribution in [0.2, 0.25) is 0 Å². The van der Waals surface area contributed by atoms with Gasteiger partial charge in [-0.3, -0.25) is 0 Å². The smallest absolute Gasteiger partial charge is 0.142 e. The predicted octanol–water partition coefficient (Wildman–Crippen LogP) is 2.43. The highest BCUT2D eigenvalue weighted by Gasteiger charge is 2.10. The highest BCUT2D eigenvalue weighted by Crippen LogP contribution is 2.29. The minimum absolute atomic E-state index is 0.0620. The molecule has 0 aliphatic carbocycles. The van der Waals surface area contributed by atoms with E-state index in [1.54, 1.807) is 18.2 Å². The van der Waals surface area contributed by atoms with Crippen LogP contribution < -0.4 is 0 Å². The fraction of sp³-hybridized carbons (Fsp3) is 0.0714. The molecule has 1 aromatic heterocycles. The molecule has 1 heterocycles. The summed E-state index contributed by atoms with van der Waals surface area (Å²) in [5.41, 5.74) is 3.10. The summed E-state index contributed by atoms with van der Waals surface area (Å²) in [6.45, 7) is -0.0620. The lowest BCUT2D eigenvalue weighted by Crippen LogP contribution is -1.87. The number of para-hydroxylation sites is 2. The highest BCUT2D eigenvalue weighted by molar-refractivity contribution is 5.80. The van der Waals surface area contributed by atoms with Crippen molar-refractivity contribution in [2.24, 2.45) is 0 Å². The van der Waals surface area contributed by atoms with Crippen molar-refractivity contribution in [2.45, 2.75) is 6.61 Å². The number of nitrogens with one attached hydrogen (secondary N) is 1. The van der Waals surface area contributed by atoms with Crippen LogP contribution in [0.5, 0.6) is 5.75 Å². The van der Waals surface area contributed by atoms with E-state index in [-0.39, 0.29) is 12.4 Å². The Morgan fingerprint density at radius 2 is 1.94 bits per heavy atom. The number of fused-ring (bicyclic) bond motifs is 1. The number of aromatic nitrogens is 2. The van der Waals surface area contributed by atoms with Gasteiger partial charge in [-0.15, -0.1) is 0 Å². The SMILES string of the molecule is OCc1ccc(O)c(-c2nc3ccccc3[nH]2)c1. The number of aromatic amines is 1. The van der Waals surface area contributed by atoms with Crippen LogP contribution >= 0.6 is 0 Å². The summed E-state index contributed by atoms with van der Waals surface area (Å²) in [5.74, 6) is 0.746. The van der Waals surface area contributed by atoms with Crippen molar-refractivity contribution in [3.05, 3.63) is 48.0 Å². The average Bonchev–Trinajstić information content (AvgIpc) is 2.82. The second-order valence-electron chi connectivity index (χ2n) is 4.11. The van der Waals surface area contributed by atoms with Crippen LogP contribution in [-0.2, 0) is 6.61 Å². The molecular formula is C14H12N2O2. The highest BCUT2D eigenvalue weighted by atomic mass is 16.3. The van der Waals surface area contributed by atoms with Gasteiger partial charge in [-0.1, -0.05) is 18.2 Å². The quantitative estimate of drug-likeness (QED) is 0.644. The normalized spacial score (nSPS) is 10.9. The molecule has 0 radical (unpaired) electrons. The maximum Gasteiger partial charge on any atom is 0.142 e. The molecule has 0 unspecified atom stereocenters. The van der Waals surface area contributed by atoms with E-state index in [9.17, 15) is 5.11 Å². The molecule has 3 aromatic rings. The number of nitrogens with zero attached hydrogens (tertiary/aromatic N) is 1. The Kier molecular flexibility index (Phi) is 2.50. The molecule has 18 heavy (non-hydrogen) atoms. The van der Waals surface area contributed by atoms with E-state index in [1.165, 1.54) is 0 Å². The molecule has 3 N–H and O–H groups in total. The molecule has 0 bridgehead atoms. The van der Waals surface area contributed by atoms with E-state index in [0.29, 0.717) is 11.4 Å². The van der Waals surface area contributed by atoms with Gasteiger partial charge in [0.1, 0.15) is 11.6 Å². The summed E-state index contributed by atoms with van der Waals surface area (Å²) in [6.07, 6.45) is 0. The minimum Gasteiger partial charge on any atom is -0.507 e. The standard InChI is InChI=1S/C14H12N2O2/c17-8-9-5-6-13(18)10(7-9)14-15-11-3-1-2-4-12(11)16-14/h1-7,17-18H,8H2,(H,15,16). The molecule has 0 amide bonds. The van der Waals surface area contributed by atoms with Crippen LogP contribution in [0.3, 0.4) is 0 Å². The number of phenols is 1. The molecule has 90 valence electrons. The lowest BCUT2D eigenvalue weighted by Gasteiger charge is -2.03. The van der Waals surface area contributed by atoms with Gasteiger partial charge >= 0.3 is 0 Å². The Hall–Kier alpha value is -2.33. The molecule has 0 atom stereocenters. The molecule has 0 saturated heterocycles. The number of rotatable bonds is 2. The largest absolute Gasteiger partial charge is 0.507 e. The van der Waals surface area contributed by atoms with Crippen molar-refractivity contribution in [3.63, 3.8) is 0 Å². The third-order valence-corrected chi connectivity index (χ3v) is 2.89. The van der Waals surface area contributed by atoms with Gasteiger partial charge in [0, 0.05) is 0 Å². The van der Waals surface area contributed by atoms with Gasteiger partial charge < -0.3 is 15.2 Å². The lowest BCUT2D eigenvalue weighted by molar-refractivity contribution is 0.282. The number of H-pyrrole nitrogens is 1. The predicted molar refractivity (Wildman–Crippen MR) is 69.1 cm³/mol. The van der Waals surface area contributed by atoms with E-state index in [2.05, 4.69) is 9.97 Å². The molecule has 4 heteroatoms. The van der Waals surface area contributed by atoms with E-state index in [0.717, 1.165) is 16.6 Å². The van der Waals surface area contributed by atoms with Gasteiger partial charge in [-0.25, -0.2) is 4.98 Å². The van der Waals surface area contributed by atoms with Crippen LogP contribution in [0.15, 0.2) is 42.5 Å². The zero-order valence-corrected chi connectivity index (χ0v) is 9.59. The Balaban J connectivity index is 2.19. The number of imidazole rings is 1. The number of benzene rings is 2. The van der Waals surface area contributed by atoms with Crippen molar-refractivity contribution in [1.82, 2.24) is 9.97 Å². The van der Waals surface area contributed by atoms with Gasteiger partial charge in [0.05, 0.1) is 23.2 Å². The number of aliphatic hydroxyl groups is 1. The third-order valence-electron chi connectivity index (χ3n) is 2.89. The van der Waals surface area contributed by atoms with Crippen LogP contribution in [0, 0.1) is 0 Å². The summed E-state index contributed by atoms with van der Waals surface area (Å²) in [5, 5.41) is 19.0. The van der Waals surface area contributed by atoms with Crippen molar-refractivity contribution in [2.75, 3.05) is 0 Å². The number of hydrogen-bond acceptors (Lipinski definition) is 3. The van der Waals surface area contributed by atoms with E-state index >= 15 is 0 Å². The van der Waals surface area contributed by atoms with Gasteiger partial charge in [0.2, 0.25) is 0 Å². The van der Waals surface area contributed by atoms with E-state index in [1.807, 2.05) is 24.3 Å². The summed E-state index contributed by atoms with van der Waals surface area (Å²) >= 11 is 0. The van der Waals surface area contributed by atoms with Gasteiger partial charge in [-0.2, -0.15) is 0 Å². The van der Waals surface area contributed by atoms with Gasteiger partial charge in [0.15, 0.2) is 0 Å². The van der Waals surface area contributed by atoms with Crippen LogP contribution in [0.4, 0.5) is 0 Å². The third kappa shape index (κ3) is 1.72. The fourth-order valence-electron chi connectivity index (χ4n) is 1.95. The van der Waals surface area contributed by atoms with E-state index in [4.69, 9.17) is 5.11 Å². The first-order valence-electron chi connectivity index (χ1n) is 5.66. The van der Waals surface area contributed by atoms with Crippen LogP contribution in [-0.4, -0.2) is 20.2 Å². The van der Waals surface area contributed by atoms with Crippen molar-refractivity contribution < 1.29 is 10.2 Å². The second kappa shape index (κ2) is 4.16.